The minimum absolute atomic E-state index is 0.0315. The normalized spacial score (nSPS) is 21.5. The van der Waals surface area contributed by atoms with E-state index in [0.717, 1.165) is 62.4 Å². The van der Waals surface area contributed by atoms with E-state index in [1.165, 1.54) is 6.42 Å². The van der Waals surface area contributed by atoms with E-state index in [2.05, 4.69) is 22.0 Å². The lowest BCUT2D eigenvalue weighted by atomic mass is 10.0. The average Bonchev–Trinajstić information content (AvgIpc) is 2.67. The number of nitrogens with zero attached hydrogens (tertiary/aromatic N) is 3. The van der Waals surface area contributed by atoms with Gasteiger partial charge in [-0.3, -0.25) is 19.4 Å². The predicted molar refractivity (Wildman–Crippen MR) is 112 cm³/mol. The number of rotatable bonds is 5. The Balaban J connectivity index is 1.42. The molecule has 1 aromatic carbocycles. The van der Waals surface area contributed by atoms with Crippen LogP contribution in [0, 0.1) is 13.8 Å². The lowest BCUT2D eigenvalue weighted by Gasteiger charge is -2.37. The van der Waals surface area contributed by atoms with Gasteiger partial charge in [0.25, 0.3) is 0 Å². The number of aryl methyl sites for hydroxylation is 2. The summed E-state index contributed by atoms with van der Waals surface area (Å²) in [5.41, 5.74) is 3.10. The van der Waals surface area contributed by atoms with E-state index in [1.54, 1.807) is 0 Å². The van der Waals surface area contributed by atoms with E-state index in [9.17, 15) is 9.59 Å². The fraction of sp³-hybridized carbons (Fsp3) is 0.636. The molecule has 0 bridgehead atoms. The van der Waals surface area contributed by atoms with Gasteiger partial charge in [-0.25, -0.2) is 0 Å². The number of amides is 2. The molecule has 2 aliphatic rings. The zero-order chi connectivity index (χ0) is 20.1. The van der Waals surface area contributed by atoms with E-state index in [1.807, 2.05) is 36.9 Å². The molecular weight excluding hydrogens is 352 g/mol. The Labute approximate surface area is 168 Å². The first-order valence-corrected chi connectivity index (χ1v) is 10.5. The van der Waals surface area contributed by atoms with Crippen LogP contribution in [-0.4, -0.2) is 78.4 Å². The maximum Gasteiger partial charge on any atom is 0.238 e. The summed E-state index contributed by atoms with van der Waals surface area (Å²) < 4.78 is 0. The van der Waals surface area contributed by atoms with Crippen LogP contribution in [0.25, 0.3) is 0 Å². The minimum Gasteiger partial charge on any atom is -0.339 e. The van der Waals surface area contributed by atoms with Crippen molar-refractivity contribution in [1.82, 2.24) is 14.7 Å². The summed E-state index contributed by atoms with van der Waals surface area (Å²) in [7, 11) is 0. The molecular formula is C22H34N4O2. The van der Waals surface area contributed by atoms with E-state index >= 15 is 0 Å². The highest BCUT2D eigenvalue weighted by Crippen LogP contribution is 2.19. The van der Waals surface area contributed by atoms with Crippen LogP contribution < -0.4 is 5.32 Å². The van der Waals surface area contributed by atoms with Crippen molar-refractivity contribution in [3.63, 3.8) is 0 Å². The smallest absolute Gasteiger partial charge is 0.238 e. The summed E-state index contributed by atoms with van der Waals surface area (Å²) in [4.78, 5) is 31.5. The Morgan fingerprint density at radius 2 is 1.57 bits per heavy atom. The second-order valence-corrected chi connectivity index (χ2v) is 8.30. The minimum atomic E-state index is 0.0315. The molecule has 2 fully saturated rings. The van der Waals surface area contributed by atoms with Crippen molar-refractivity contribution >= 4 is 17.5 Å². The lowest BCUT2D eigenvalue weighted by Crippen LogP contribution is -2.53. The van der Waals surface area contributed by atoms with E-state index < -0.39 is 0 Å². The number of carbonyl (C=O) groups is 2. The SMILES string of the molecule is Cc1cccc(C)c1NC(=O)CN1CCN(CC(=O)N2CCCC[C@@H]2C)CC1. The van der Waals surface area contributed by atoms with Crippen molar-refractivity contribution in [2.24, 2.45) is 0 Å². The molecule has 28 heavy (non-hydrogen) atoms. The highest BCUT2D eigenvalue weighted by Gasteiger charge is 2.26. The molecule has 1 N–H and O–H groups in total. The number of nitrogens with one attached hydrogen (secondary N) is 1. The molecule has 0 unspecified atom stereocenters. The topological polar surface area (TPSA) is 55.9 Å². The quantitative estimate of drug-likeness (QED) is 0.843. The van der Waals surface area contributed by atoms with Crippen LogP contribution in [0.5, 0.6) is 0 Å². The van der Waals surface area contributed by atoms with Gasteiger partial charge in [0.2, 0.25) is 11.8 Å². The highest BCUT2D eigenvalue weighted by atomic mass is 16.2. The van der Waals surface area contributed by atoms with Crippen molar-refractivity contribution in [3.05, 3.63) is 29.3 Å². The zero-order valence-electron chi connectivity index (χ0n) is 17.5. The molecule has 3 rings (SSSR count). The van der Waals surface area contributed by atoms with E-state index in [4.69, 9.17) is 0 Å². The molecule has 0 saturated carbocycles. The molecule has 2 heterocycles. The fourth-order valence-corrected chi connectivity index (χ4v) is 4.25. The third-order valence-electron chi connectivity index (χ3n) is 6.06. The van der Waals surface area contributed by atoms with E-state index in [0.29, 0.717) is 19.1 Å². The Hall–Kier alpha value is -1.92. The summed E-state index contributed by atoms with van der Waals surface area (Å²) in [5, 5.41) is 3.06. The van der Waals surface area contributed by atoms with Crippen molar-refractivity contribution < 1.29 is 9.59 Å². The summed E-state index contributed by atoms with van der Waals surface area (Å²) >= 11 is 0. The molecule has 0 spiro atoms. The first kappa shape index (κ1) is 20.8. The largest absolute Gasteiger partial charge is 0.339 e. The summed E-state index contributed by atoms with van der Waals surface area (Å²) in [6.45, 7) is 11.3. The van der Waals surface area contributed by atoms with Gasteiger partial charge in [0.05, 0.1) is 13.1 Å². The average molecular weight is 387 g/mol. The van der Waals surface area contributed by atoms with Crippen LogP contribution in [0.2, 0.25) is 0 Å². The number of carbonyl (C=O) groups excluding carboxylic acids is 2. The molecule has 2 saturated heterocycles. The summed E-state index contributed by atoms with van der Waals surface area (Å²) in [6, 6.07) is 6.41. The van der Waals surface area contributed by atoms with Crippen LogP contribution in [0.4, 0.5) is 5.69 Å². The van der Waals surface area contributed by atoms with Crippen molar-refractivity contribution in [1.29, 1.82) is 0 Å². The van der Waals surface area contributed by atoms with Crippen LogP contribution in [0.3, 0.4) is 0 Å². The summed E-state index contributed by atoms with van der Waals surface area (Å²) in [5.74, 6) is 0.289. The van der Waals surface area contributed by atoms with Crippen LogP contribution in [0.1, 0.15) is 37.3 Å². The molecule has 2 aliphatic heterocycles. The number of likely N-dealkylation sites (tertiary alicyclic amines) is 1. The van der Waals surface area contributed by atoms with Gasteiger partial charge >= 0.3 is 0 Å². The molecule has 0 radical (unpaired) electrons. The van der Waals surface area contributed by atoms with Crippen LogP contribution in [-0.2, 0) is 9.59 Å². The Kier molecular flexibility index (Phi) is 7.08. The number of hydrogen-bond acceptors (Lipinski definition) is 4. The monoisotopic (exact) mass is 386 g/mol. The molecule has 1 aromatic rings. The Morgan fingerprint density at radius 1 is 0.964 bits per heavy atom. The number of anilines is 1. The number of piperazine rings is 1. The predicted octanol–water partition coefficient (Wildman–Crippen LogP) is 2.26. The molecule has 2 amide bonds. The first-order chi connectivity index (χ1) is 13.4. The van der Waals surface area contributed by atoms with E-state index in [-0.39, 0.29) is 11.8 Å². The van der Waals surface area contributed by atoms with Gasteiger partial charge in [-0.05, 0) is 51.2 Å². The van der Waals surface area contributed by atoms with Gasteiger partial charge in [0.1, 0.15) is 0 Å². The summed E-state index contributed by atoms with van der Waals surface area (Å²) in [6.07, 6.45) is 3.47. The molecule has 0 aliphatic carbocycles. The molecule has 6 heteroatoms. The van der Waals surface area contributed by atoms with Crippen LogP contribution >= 0.6 is 0 Å². The van der Waals surface area contributed by atoms with Gasteiger partial charge in [0.15, 0.2) is 0 Å². The third kappa shape index (κ3) is 5.32. The second-order valence-electron chi connectivity index (χ2n) is 8.30. The molecule has 6 nitrogen and oxygen atoms in total. The maximum atomic E-state index is 12.6. The second kappa shape index (κ2) is 9.52. The van der Waals surface area contributed by atoms with Gasteiger partial charge in [-0.2, -0.15) is 0 Å². The van der Waals surface area contributed by atoms with Gasteiger partial charge in [-0.1, -0.05) is 18.2 Å². The van der Waals surface area contributed by atoms with Gasteiger partial charge < -0.3 is 10.2 Å². The Bertz CT molecular complexity index is 678. The van der Waals surface area contributed by atoms with Gasteiger partial charge in [0, 0.05) is 44.5 Å². The van der Waals surface area contributed by atoms with Crippen molar-refractivity contribution in [3.8, 4) is 0 Å². The number of para-hydroxylation sites is 1. The number of piperidine rings is 1. The first-order valence-electron chi connectivity index (χ1n) is 10.5. The fourth-order valence-electron chi connectivity index (χ4n) is 4.25. The lowest BCUT2D eigenvalue weighted by molar-refractivity contribution is -0.136. The van der Waals surface area contributed by atoms with Crippen molar-refractivity contribution in [2.45, 2.75) is 46.1 Å². The van der Waals surface area contributed by atoms with Crippen molar-refractivity contribution in [2.75, 3.05) is 51.1 Å². The number of benzene rings is 1. The highest BCUT2D eigenvalue weighted by molar-refractivity contribution is 5.93. The third-order valence-corrected chi connectivity index (χ3v) is 6.06. The maximum absolute atomic E-state index is 12.6. The molecule has 154 valence electrons. The number of hydrogen-bond donors (Lipinski definition) is 1. The van der Waals surface area contributed by atoms with Crippen LogP contribution in [0.15, 0.2) is 18.2 Å². The van der Waals surface area contributed by atoms with Gasteiger partial charge in [-0.15, -0.1) is 0 Å². The zero-order valence-corrected chi connectivity index (χ0v) is 17.5. The molecule has 1 atom stereocenters. The molecule has 0 aromatic heterocycles. The standard InChI is InChI=1S/C22H34N4O2/c1-17-7-6-8-18(2)22(17)23-20(27)15-24-11-13-25(14-12-24)16-21(28)26-10-5-4-9-19(26)3/h6-8,19H,4-5,9-16H2,1-3H3,(H,23,27)/t19-/m0/s1. The Morgan fingerprint density at radius 3 is 2.18 bits per heavy atom.